The Balaban J connectivity index is 1.49. The van der Waals surface area contributed by atoms with Gasteiger partial charge in [-0.1, -0.05) is 57.4 Å². The molecule has 4 rings (SSSR count). The van der Waals surface area contributed by atoms with Crippen LogP contribution >= 0.6 is 0 Å². The van der Waals surface area contributed by atoms with Crippen molar-refractivity contribution in [2.75, 3.05) is 7.11 Å². The summed E-state index contributed by atoms with van der Waals surface area (Å²) < 4.78 is 4.81. The molecule has 0 amide bonds. The molecule has 34 heavy (non-hydrogen) atoms. The van der Waals surface area contributed by atoms with Crippen molar-refractivity contribution in [2.45, 2.75) is 104 Å². The molecule has 192 valence electrons. The first kappa shape index (κ1) is 25.9. The fourth-order valence-corrected chi connectivity index (χ4v) is 8.43. The number of hydrogen-bond acceptors (Lipinski definition) is 5. The first-order valence-electron chi connectivity index (χ1n) is 13.4. The third kappa shape index (κ3) is 3.90. The number of carbonyl (C=O) groups is 1. The monoisotopic (exact) mass is 474 g/mol. The SMILES string of the molecule is COC(=O)[C@](C)(O)[C@@H](C)CC[C@@H](C)[C@H]1CC[C@H]2C3=CC=C4C[C@@H](O)C[C@H](O)[C@]4(C)[C@H]3CC[C@]12C. The van der Waals surface area contributed by atoms with E-state index >= 15 is 0 Å². The van der Waals surface area contributed by atoms with Crippen molar-refractivity contribution in [3.05, 3.63) is 23.3 Å². The van der Waals surface area contributed by atoms with Crippen LogP contribution in [0.2, 0.25) is 0 Å². The van der Waals surface area contributed by atoms with E-state index in [1.54, 1.807) is 6.92 Å². The van der Waals surface area contributed by atoms with Gasteiger partial charge < -0.3 is 20.1 Å². The number of carbonyl (C=O) groups excluding carboxylic acids is 1. The van der Waals surface area contributed by atoms with Gasteiger partial charge in [-0.25, -0.2) is 4.79 Å². The molecule has 0 aromatic heterocycles. The van der Waals surface area contributed by atoms with E-state index in [2.05, 4.69) is 32.9 Å². The summed E-state index contributed by atoms with van der Waals surface area (Å²) in [6, 6.07) is 0. The molecule has 0 aromatic rings. The minimum absolute atomic E-state index is 0.157. The Hall–Kier alpha value is -1.17. The van der Waals surface area contributed by atoms with E-state index in [1.165, 1.54) is 37.5 Å². The van der Waals surface area contributed by atoms with Crippen LogP contribution in [-0.2, 0) is 9.53 Å². The van der Waals surface area contributed by atoms with Crippen LogP contribution in [0, 0.1) is 40.4 Å². The van der Waals surface area contributed by atoms with Crippen molar-refractivity contribution in [3.8, 4) is 0 Å². The highest BCUT2D eigenvalue weighted by Gasteiger charge is 2.58. The number of ether oxygens (including phenoxy) is 1. The molecule has 0 aliphatic heterocycles. The molecule has 3 fully saturated rings. The molecule has 5 nitrogen and oxygen atoms in total. The molecular weight excluding hydrogens is 428 g/mol. The van der Waals surface area contributed by atoms with Gasteiger partial charge >= 0.3 is 5.97 Å². The van der Waals surface area contributed by atoms with E-state index in [0.717, 1.165) is 19.3 Å². The molecule has 0 aromatic carbocycles. The molecule has 10 atom stereocenters. The summed E-state index contributed by atoms with van der Waals surface area (Å²) in [6.45, 7) is 10.6. The van der Waals surface area contributed by atoms with Crippen molar-refractivity contribution in [1.29, 1.82) is 0 Å². The van der Waals surface area contributed by atoms with Crippen LogP contribution in [0.5, 0.6) is 0 Å². The summed E-state index contributed by atoms with van der Waals surface area (Å²) in [5, 5.41) is 31.9. The second kappa shape index (κ2) is 9.05. The smallest absolute Gasteiger partial charge is 0.337 e. The van der Waals surface area contributed by atoms with E-state index in [-0.39, 0.29) is 16.7 Å². The first-order valence-corrected chi connectivity index (χ1v) is 13.4. The molecular formula is C29H46O5. The lowest BCUT2D eigenvalue weighted by molar-refractivity contribution is -0.166. The predicted octanol–water partition coefficient (Wildman–Crippen LogP) is 4.79. The van der Waals surface area contributed by atoms with E-state index in [4.69, 9.17) is 4.74 Å². The maximum atomic E-state index is 12.0. The maximum Gasteiger partial charge on any atom is 0.337 e. The standard InChI is InChI=1S/C29H46O5/c1-17(7-8-18(2)29(5,33)26(32)34-6)22-11-12-23-21-10-9-19-15-20(30)16-25(31)28(19,4)24(21)13-14-27(22,23)3/h9-10,17-18,20,22-25,30-31,33H,7-8,11-16H2,1-6H3/t17-,18+,20-,22-,23+,24+,25+,27-,28+,29-/m1/s1. The lowest BCUT2D eigenvalue weighted by Crippen LogP contribution is -2.52. The van der Waals surface area contributed by atoms with Crippen molar-refractivity contribution in [2.24, 2.45) is 40.4 Å². The second-order valence-electron chi connectivity index (χ2n) is 12.7. The third-order valence-electron chi connectivity index (χ3n) is 11.0. The number of rotatable bonds is 6. The normalized spacial score (nSPS) is 42.8. The van der Waals surface area contributed by atoms with Gasteiger partial charge in [-0.05, 0) is 80.5 Å². The molecule has 4 aliphatic rings. The third-order valence-corrected chi connectivity index (χ3v) is 11.0. The quantitative estimate of drug-likeness (QED) is 0.482. The Labute approximate surface area is 205 Å². The lowest BCUT2D eigenvalue weighted by Gasteiger charge is -2.56. The van der Waals surface area contributed by atoms with Crippen molar-refractivity contribution in [3.63, 3.8) is 0 Å². The van der Waals surface area contributed by atoms with Crippen molar-refractivity contribution >= 4 is 5.97 Å². The van der Waals surface area contributed by atoms with Gasteiger partial charge in [0.25, 0.3) is 0 Å². The predicted molar refractivity (Wildman–Crippen MR) is 133 cm³/mol. The van der Waals surface area contributed by atoms with Crippen LogP contribution in [-0.4, -0.2) is 46.2 Å². The summed E-state index contributed by atoms with van der Waals surface area (Å²) in [5.74, 6) is 1.34. The molecule has 4 aliphatic carbocycles. The Bertz CT molecular complexity index is 859. The Morgan fingerprint density at radius 1 is 1.15 bits per heavy atom. The van der Waals surface area contributed by atoms with Gasteiger partial charge in [0.05, 0.1) is 19.3 Å². The highest BCUT2D eigenvalue weighted by molar-refractivity contribution is 5.78. The van der Waals surface area contributed by atoms with Gasteiger partial charge in [-0.15, -0.1) is 0 Å². The summed E-state index contributed by atoms with van der Waals surface area (Å²) in [7, 11) is 1.33. The summed E-state index contributed by atoms with van der Waals surface area (Å²) >= 11 is 0. The summed E-state index contributed by atoms with van der Waals surface area (Å²) in [4.78, 5) is 12.0. The highest BCUT2D eigenvalue weighted by atomic mass is 16.5. The van der Waals surface area contributed by atoms with Gasteiger partial charge in [0.15, 0.2) is 5.60 Å². The van der Waals surface area contributed by atoms with Crippen LogP contribution in [0.3, 0.4) is 0 Å². The molecule has 5 heteroatoms. The molecule has 0 radical (unpaired) electrons. The average Bonchev–Trinajstić information content (AvgIpc) is 3.14. The molecule has 0 unspecified atom stereocenters. The Kier molecular flexibility index (Phi) is 6.89. The Morgan fingerprint density at radius 2 is 1.85 bits per heavy atom. The van der Waals surface area contributed by atoms with Crippen LogP contribution in [0.4, 0.5) is 0 Å². The van der Waals surface area contributed by atoms with Gasteiger partial charge in [0, 0.05) is 11.8 Å². The highest BCUT2D eigenvalue weighted by Crippen LogP contribution is 2.66. The van der Waals surface area contributed by atoms with Crippen LogP contribution < -0.4 is 0 Å². The minimum Gasteiger partial charge on any atom is -0.467 e. The van der Waals surface area contributed by atoms with E-state index < -0.39 is 23.8 Å². The van der Waals surface area contributed by atoms with Crippen LogP contribution in [0.1, 0.15) is 86.0 Å². The van der Waals surface area contributed by atoms with Crippen LogP contribution in [0.25, 0.3) is 0 Å². The summed E-state index contributed by atoms with van der Waals surface area (Å²) in [5.41, 5.74) is 1.31. The zero-order valence-corrected chi connectivity index (χ0v) is 22.0. The molecule has 0 heterocycles. The summed E-state index contributed by atoms with van der Waals surface area (Å²) in [6.07, 6.45) is 11.3. The molecule has 0 spiro atoms. The fourth-order valence-electron chi connectivity index (χ4n) is 8.43. The minimum atomic E-state index is -1.45. The number of fused-ring (bicyclic) bond motifs is 5. The average molecular weight is 475 g/mol. The van der Waals surface area contributed by atoms with Crippen molar-refractivity contribution in [1.82, 2.24) is 0 Å². The molecule has 0 bridgehead atoms. The number of aliphatic hydroxyl groups excluding tert-OH is 2. The molecule has 3 N–H and O–H groups in total. The largest absolute Gasteiger partial charge is 0.467 e. The fraction of sp³-hybridized carbons (Fsp3) is 0.828. The molecule has 0 saturated heterocycles. The zero-order valence-electron chi connectivity index (χ0n) is 22.0. The van der Waals surface area contributed by atoms with Gasteiger partial charge in [-0.3, -0.25) is 0 Å². The van der Waals surface area contributed by atoms with E-state index in [9.17, 15) is 20.1 Å². The number of allylic oxidation sites excluding steroid dienone is 3. The van der Waals surface area contributed by atoms with Crippen LogP contribution in [0.15, 0.2) is 23.3 Å². The number of aliphatic hydroxyl groups is 3. The first-order chi connectivity index (χ1) is 15.9. The second-order valence-corrected chi connectivity index (χ2v) is 12.7. The molecule has 3 saturated carbocycles. The number of hydrogen-bond donors (Lipinski definition) is 3. The maximum absolute atomic E-state index is 12.0. The van der Waals surface area contributed by atoms with E-state index in [1.807, 2.05) is 6.92 Å². The van der Waals surface area contributed by atoms with Gasteiger partial charge in [0.1, 0.15) is 0 Å². The van der Waals surface area contributed by atoms with Gasteiger partial charge in [0.2, 0.25) is 0 Å². The number of esters is 1. The van der Waals surface area contributed by atoms with Gasteiger partial charge in [-0.2, -0.15) is 0 Å². The Morgan fingerprint density at radius 3 is 2.53 bits per heavy atom. The lowest BCUT2D eigenvalue weighted by atomic mass is 9.49. The number of methoxy groups -OCH3 is 1. The topological polar surface area (TPSA) is 87.0 Å². The van der Waals surface area contributed by atoms with E-state index in [0.29, 0.717) is 36.5 Å². The zero-order chi connectivity index (χ0) is 25.1. The van der Waals surface area contributed by atoms with Crippen molar-refractivity contribution < 1.29 is 24.9 Å².